The van der Waals surface area contributed by atoms with Gasteiger partial charge in [-0.05, 0) is 56.3 Å². The molecule has 126 valence electrons. The van der Waals surface area contributed by atoms with Crippen LogP contribution < -0.4 is 5.32 Å². The molecule has 1 heterocycles. The van der Waals surface area contributed by atoms with Crippen LogP contribution in [0.5, 0.6) is 0 Å². The highest BCUT2D eigenvalue weighted by atomic mass is 16.5. The van der Waals surface area contributed by atoms with Crippen molar-refractivity contribution in [2.45, 2.75) is 57.7 Å². The second-order valence-electron chi connectivity index (χ2n) is 6.68. The Hall–Kier alpha value is -1.39. The van der Waals surface area contributed by atoms with Gasteiger partial charge in [-0.1, -0.05) is 31.2 Å². The van der Waals surface area contributed by atoms with E-state index in [9.17, 15) is 4.79 Å². The molecule has 1 saturated carbocycles. The van der Waals surface area contributed by atoms with Crippen molar-refractivity contribution in [1.82, 2.24) is 10.2 Å². The molecule has 1 N–H and O–H groups in total. The SMILES string of the molecule is CCc1ccc(CN(C(=O)COC2CCNCC2)C2CC2)cc1. The third kappa shape index (κ3) is 4.79. The fraction of sp³-hybridized carbons (Fsp3) is 0.632. The Labute approximate surface area is 139 Å². The summed E-state index contributed by atoms with van der Waals surface area (Å²) in [5, 5.41) is 3.32. The number of benzene rings is 1. The zero-order valence-corrected chi connectivity index (χ0v) is 14.1. The second-order valence-corrected chi connectivity index (χ2v) is 6.68. The number of amides is 1. The fourth-order valence-electron chi connectivity index (χ4n) is 3.12. The topological polar surface area (TPSA) is 41.6 Å². The minimum Gasteiger partial charge on any atom is -0.368 e. The van der Waals surface area contributed by atoms with Crippen LogP contribution in [-0.2, 0) is 22.5 Å². The highest BCUT2D eigenvalue weighted by molar-refractivity contribution is 5.78. The van der Waals surface area contributed by atoms with Crippen LogP contribution in [-0.4, -0.2) is 42.6 Å². The monoisotopic (exact) mass is 316 g/mol. The Morgan fingerprint density at radius 2 is 1.78 bits per heavy atom. The summed E-state index contributed by atoms with van der Waals surface area (Å²) in [4.78, 5) is 14.6. The van der Waals surface area contributed by atoms with Gasteiger partial charge in [0.2, 0.25) is 5.91 Å². The fourth-order valence-corrected chi connectivity index (χ4v) is 3.12. The molecule has 0 bridgehead atoms. The maximum Gasteiger partial charge on any atom is 0.249 e. The Balaban J connectivity index is 1.53. The summed E-state index contributed by atoms with van der Waals surface area (Å²) in [6.45, 7) is 5.09. The summed E-state index contributed by atoms with van der Waals surface area (Å²) in [5.41, 5.74) is 2.55. The standard InChI is InChI=1S/C19H28N2O2/c1-2-15-3-5-16(6-4-15)13-21(17-7-8-17)19(22)14-23-18-9-11-20-12-10-18/h3-6,17-18,20H,2,7-14H2,1H3. The average molecular weight is 316 g/mol. The number of hydrogen-bond acceptors (Lipinski definition) is 3. The lowest BCUT2D eigenvalue weighted by molar-refractivity contribution is -0.140. The number of carbonyl (C=O) groups excluding carboxylic acids is 1. The molecule has 1 aliphatic carbocycles. The summed E-state index contributed by atoms with van der Waals surface area (Å²) < 4.78 is 5.85. The molecule has 1 aromatic rings. The zero-order chi connectivity index (χ0) is 16.1. The molecule has 4 heteroatoms. The molecule has 1 aliphatic heterocycles. The van der Waals surface area contributed by atoms with Gasteiger partial charge in [-0.2, -0.15) is 0 Å². The van der Waals surface area contributed by atoms with E-state index in [0.717, 1.165) is 45.2 Å². The smallest absolute Gasteiger partial charge is 0.249 e. The van der Waals surface area contributed by atoms with Gasteiger partial charge in [0.1, 0.15) is 6.61 Å². The van der Waals surface area contributed by atoms with E-state index in [1.807, 2.05) is 4.90 Å². The largest absolute Gasteiger partial charge is 0.368 e. The van der Waals surface area contributed by atoms with Gasteiger partial charge in [0.15, 0.2) is 0 Å². The molecule has 2 aliphatic rings. The van der Waals surface area contributed by atoms with Crippen LogP contribution in [0, 0.1) is 0 Å². The van der Waals surface area contributed by atoms with Crippen molar-refractivity contribution in [2.24, 2.45) is 0 Å². The molecule has 1 saturated heterocycles. The maximum atomic E-state index is 12.6. The van der Waals surface area contributed by atoms with E-state index in [4.69, 9.17) is 4.74 Å². The lowest BCUT2D eigenvalue weighted by atomic mass is 10.1. The minimum atomic E-state index is 0.144. The van der Waals surface area contributed by atoms with Crippen LogP contribution in [0.25, 0.3) is 0 Å². The summed E-state index contributed by atoms with van der Waals surface area (Å²) in [7, 11) is 0. The van der Waals surface area contributed by atoms with E-state index < -0.39 is 0 Å². The Morgan fingerprint density at radius 1 is 1.13 bits per heavy atom. The van der Waals surface area contributed by atoms with Gasteiger partial charge in [0.25, 0.3) is 0 Å². The van der Waals surface area contributed by atoms with E-state index >= 15 is 0 Å². The van der Waals surface area contributed by atoms with Crippen molar-refractivity contribution in [1.29, 1.82) is 0 Å². The van der Waals surface area contributed by atoms with Crippen LogP contribution in [0.4, 0.5) is 0 Å². The van der Waals surface area contributed by atoms with Crippen LogP contribution in [0.2, 0.25) is 0 Å². The molecule has 4 nitrogen and oxygen atoms in total. The number of ether oxygens (including phenoxy) is 1. The van der Waals surface area contributed by atoms with Crippen LogP contribution in [0.15, 0.2) is 24.3 Å². The summed E-state index contributed by atoms with van der Waals surface area (Å²) in [5.74, 6) is 0.144. The van der Waals surface area contributed by atoms with E-state index in [0.29, 0.717) is 12.6 Å². The van der Waals surface area contributed by atoms with Gasteiger partial charge in [0, 0.05) is 12.6 Å². The second kappa shape index (κ2) is 7.93. The predicted octanol–water partition coefficient (Wildman–Crippen LogP) is 2.51. The summed E-state index contributed by atoms with van der Waals surface area (Å²) in [6.07, 6.45) is 5.57. The van der Waals surface area contributed by atoms with Crippen molar-refractivity contribution in [3.05, 3.63) is 35.4 Å². The molecular weight excluding hydrogens is 288 g/mol. The summed E-state index contributed by atoms with van der Waals surface area (Å²) in [6, 6.07) is 9.04. The molecule has 2 fully saturated rings. The van der Waals surface area contributed by atoms with Gasteiger partial charge in [-0.15, -0.1) is 0 Å². The number of rotatable bonds is 7. The number of aryl methyl sites for hydroxylation is 1. The number of hydrogen-bond donors (Lipinski definition) is 1. The third-order valence-electron chi connectivity index (χ3n) is 4.82. The number of nitrogens with zero attached hydrogens (tertiary/aromatic N) is 1. The van der Waals surface area contributed by atoms with Crippen LogP contribution in [0.3, 0.4) is 0 Å². The first-order chi connectivity index (χ1) is 11.3. The molecule has 0 radical (unpaired) electrons. The van der Waals surface area contributed by atoms with Crippen LogP contribution >= 0.6 is 0 Å². The van der Waals surface area contributed by atoms with Crippen molar-refractivity contribution >= 4 is 5.91 Å². The average Bonchev–Trinajstić information content (AvgIpc) is 3.44. The molecule has 1 aromatic carbocycles. The highest BCUT2D eigenvalue weighted by Gasteiger charge is 2.32. The molecular formula is C19H28N2O2. The molecule has 1 amide bonds. The summed E-state index contributed by atoms with van der Waals surface area (Å²) >= 11 is 0. The molecule has 0 atom stereocenters. The highest BCUT2D eigenvalue weighted by Crippen LogP contribution is 2.28. The van der Waals surface area contributed by atoms with Crippen molar-refractivity contribution in [3.8, 4) is 0 Å². The van der Waals surface area contributed by atoms with Gasteiger partial charge in [0.05, 0.1) is 6.10 Å². The van der Waals surface area contributed by atoms with Crippen molar-refractivity contribution in [2.75, 3.05) is 19.7 Å². The minimum absolute atomic E-state index is 0.144. The molecule has 0 aromatic heterocycles. The lowest BCUT2D eigenvalue weighted by Crippen LogP contribution is -2.38. The Kier molecular flexibility index (Phi) is 5.68. The molecule has 23 heavy (non-hydrogen) atoms. The van der Waals surface area contributed by atoms with E-state index in [2.05, 4.69) is 36.5 Å². The maximum absolute atomic E-state index is 12.6. The van der Waals surface area contributed by atoms with Crippen LogP contribution in [0.1, 0.15) is 43.7 Å². The van der Waals surface area contributed by atoms with Gasteiger partial charge < -0.3 is 15.0 Å². The Morgan fingerprint density at radius 3 is 2.39 bits per heavy atom. The van der Waals surface area contributed by atoms with Gasteiger partial charge in [-0.25, -0.2) is 0 Å². The Bertz CT molecular complexity index is 505. The quantitative estimate of drug-likeness (QED) is 0.840. The zero-order valence-electron chi connectivity index (χ0n) is 14.1. The number of nitrogens with one attached hydrogen (secondary N) is 1. The first kappa shape index (κ1) is 16.5. The first-order valence-electron chi connectivity index (χ1n) is 8.96. The first-order valence-corrected chi connectivity index (χ1v) is 8.96. The molecule has 3 rings (SSSR count). The molecule has 0 unspecified atom stereocenters. The number of carbonyl (C=O) groups is 1. The van der Waals surface area contributed by atoms with E-state index in [1.54, 1.807) is 0 Å². The number of piperidine rings is 1. The lowest BCUT2D eigenvalue weighted by Gasteiger charge is -2.26. The molecule has 0 spiro atoms. The van der Waals surface area contributed by atoms with E-state index in [1.165, 1.54) is 11.1 Å². The van der Waals surface area contributed by atoms with E-state index in [-0.39, 0.29) is 18.6 Å². The normalized spacial score (nSPS) is 18.8. The van der Waals surface area contributed by atoms with Gasteiger partial charge >= 0.3 is 0 Å². The van der Waals surface area contributed by atoms with Gasteiger partial charge in [-0.3, -0.25) is 4.79 Å². The third-order valence-corrected chi connectivity index (χ3v) is 4.82. The van der Waals surface area contributed by atoms with Crippen molar-refractivity contribution in [3.63, 3.8) is 0 Å². The van der Waals surface area contributed by atoms with Crippen molar-refractivity contribution < 1.29 is 9.53 Å². The predicted molar refractivity (Wildman–Crippen MR) is 91.2 cm³/mol.